The summed E-state index contributed by atoms with van der Waals surface area (Å²) in [4.78, 5) is 0. The average molecular weight is 204 g/mol. The molecule has 1 heteroatoms. The molecule has 1 nitrogen and oxygen atoms in total. The van der Waals surface area contributed by atoms with E-state index in [1.807, 2.05) is 0 Å². The van der Waals surface area contributed by atoms with Crippen molar-refractivity contribution >= 4 is 0 Å². The predicted octanol–water partition coefficient (Wildman–Crippen LogP) is 3.88. The lowest BCUT2D eigenvalue weighted by atomic mass is 9.75. The number of benzene rings is 1. The van der Waals surface area contributed by atoms with Gasteiger partial charge >= 0.3 is 0 Å². The van der Waals surface area contributed by atoms with Crippen molar-refractivity contribution in [3.8, 4) is 0 Å². The minimum Gasteiger partial charge on any atom is -0.370 e. The highest BCUT2D eigenvalue weighted by molar-refractivity contribution is 5.24. The summed E-state index contributed by atoms with van der Waals surface area (Å²) in [5.41, 5.74) is 1.43. The maximum absolute atomic E-state index is 6.09. The molecule has 0 saturated heterocycles. The van der Waals surface area contributed by atoms with Crippen molar-refractivity contribution in [1.82, 2.24) is 0 Å². The molecule has 1 fully saturated rings. The molecule has 0 aromatic heterocycles. The van der Waals surface area contributed by atoms with Gasteiger partial charge in [0.15, 0.2) is 0 Å². The van der Waals surface area contributed by atoms with Gasteiger partial charge in [-0.25, -0.2) is 0 Å². The standard InChI is InChI=1S/C14H20O/c1-2-3-12-15-14(10-7-11-14)13-8-5-4-6-9-13/h4-6,8-9H,2-3,7,10-12H2,1H3. The lowest BCUT2D eigenvalue weighted by Gasteiger charge is -2.42. The molecule has 0 amide bonds. The highest BCUT2D eigenvalue weighted by atomic mass is 16.5. The van der Waals surface area contributed by atoms with E-state index in [2.05, 4.69) is 37.3 Å². The third-order valence-corrected chi connectivity index (χ3v) is 3.34. The molecule has 0 aliphatic heterocycles. The van der Waals surface area contributed by atoms with Gasteiger partial charge in [-0.1, -0.05) is 43.7 Å². The zero-order valence-electron chi connectivity index (χ0n) is 9.54. The van der Waals surface area contributed by atoms with E-state index in [9.17, 15) is 0 Å². The Hall–Kier alpha value is -0.820. The second-order valence-corrected chi connectivity index (χ2v) is 4.42. The molecule has 82 valence electrons. The van der Waals surface area contributed by atoms with Crippen molar-refractivity contribution < 1.29 is 4.74 Å². The quantitative estimate of drug-likeness (QED) is 0.661. The van der Waals surface area contributed by atoms with Crippen molar-refractivity contribution in [3.63, 3.8) is 0 Å². The van der Waals surface area contributed by atoms with E-state index in [0.717, 1.165) is 6.61 Å². The van der Waals surface area contributed by atoms with Gasteiger partial charge in [0.25, 0.3) is 0 Å². The third kappa shape index (κ3) is 2.23. The topological polar surface area (TPSA) is 9.23 Å². The number of unbranched alkanes of at least 4 members (excludes halogenated alkanes) is 1. The Morgan fingerprint density at radius 1 is 1.20 bits per heavy atom. The molecule has 1 aromatic rings. The first-order chi connectivity index (χ1) is 7.37. The van der Waals surface area contributed by atoms with Gasteiger partial charge in [-0.3, -0.25) is 0 Å². The Bertz CT molecular complexity index is 287. The summed E-state index contributed by atoms with van der Waals surface area (Å²) in [6.07, 6.45) is 6.09. The summed E-state index contributed by atoms with van der Waals surface area (Å²) in [5.74, 6) is 0. The van der Waals surface area contributed by atoms with Crippen LogP contribution < -0.4 is 0 Å². The zero-order chi connectivity index (χ0) is 10.6. The SMILES string of the molecule is CCCCOC1(c2ccccc2)CCC1. The van der Waals surface area contributed by atoms with Crippen LogP contribution in [0.3, 0.4) is 0 Å². The molecule has 0 bridgehead atoms. The van der Waals surface area contributed by atoms with Gasteiger partial charge in [-0.2, -0.15) is 0 Å². The molecule has 0 atom stereocenters. The van der Waals surface area contributed by atoms with Crippen molar-refractivity contribution in [2.75, 3.05) is 6.61 Å². The molecule has 2 rings (SSSR count). The van der Waals surface area contributed by atoms with Gasteiger partial charge in [-0.05, 0) is 31.2 Å². The normalized spacial score (nSPS) is 18.5. The summed E-state index contributed by atoms with van der Waals surface area (Å²) in [6.45, 7) is 3.12. The van der Waals surface area contributed by atoms with Gasteiger partial charge in [-0.15, -0.1) is 0 Å². The fourth-order valence-electron chi connectivity index (χ4n) is 2.17. The van der Waals surface area contributed by atoms with Crippen LogP contribution in [0.1, 0.15) is 44.6 Å². The van der Waals surface area contributed by atoms with Crippen molar-refractivity contribution in [3.05, 3.63) is 35.9 Å². The van der Waals surface area contributed by atoms with E-state index in [1.165, 1.54) is 37.7 Å². The van der Waals surface area contributed by atoms with Crippen molar-refractivity contribution in [2.24, 2.45) is 0 Å². The maximum atomic E-state index is 6.09. The number of hydrogen-bond donors (Lipinski definition) is 0. The first kappa shape index (κ1) is 10.7. The smallest absolute Gasteiger partial charge is 0.0931 e. The Labute approximate surface area is 92.5 Å². The zero-order valence-corrected chi connectivity index (χ0v) is 9.54. The molecule has 15 heavy (non-hydrogen) atoms. The number of ether oxygens (including phenoxy) is 1. The largest absolute Gasteiger partial charge is 0.370 e. The van der Waals surface area contributed by atoms with E-state index >= 15 is 0 Å². The minimum absolute atomic E-state index is 0.0659. The molecule has 0 unspecified atom stereocenters. The van der Waals surface area contributed by atoms with Gasteiger partial charge in [0.1, 0.15) is 0 Å². The van der Waals surface area contributed by atoms with Crippen molar-refractivity contribution in [2.45, 2.75) is 44.6 Å². The van der Waals surface area contributed by atoms with Gasteiger partial charge < -0.3 is 4.74 Å². The van der Waals surface area contributed by atoms with E-state index < -0.39 is 0 Å². The van der Waals surface area contributed by atoms with Crippen molar-refractivity contribution in [1.29, 1.82) is 0 Å². The van der Waals surface area contributed by atoms with Crippen LogP contribution in [0.5, 0.6) is 0 Å². The second-order valence-electron chi connectivity index (χ2n) is 4.42. The van der Waals surface area contributed by atoms with E-state index in [0.29, 0.717) is 0 Å². The van der Waals surface area contributed by atoms with Crippen LogP contribution in [0.15, 0.2) is 30.3 Å². The maximum Gasteiger partial charge on any atom is 0.0931 e. The van der Waals surface area contributed by atoms with Crippen LogP contribution >= 0.6 is 0 Å². The van der Waals surface area contributed by atoms with Crippen LogP contribution in [-0.4, -0.2) is 6.61 Å². The second kappa shape index (κ2) is 4.80. The number of rotatable bonds is 5. The van der Waals surface area contributed by atoms with Gasteiger partial charge in [0, 0.05) is 6.61 Å². The van der Waals surface area contributed by atoms with Crippen LogP contribution in [0.2, 0.25) is 0 Å². The first-order valence-electron chi connectivity index (χ1n) is 6.07. The Balaban J connectivity index is 2.02. The molecule has 1 saturated carbocycles. The highest BCUT2D eigenvalue weighted by Gasteiger charge is 2.39. The fraction of sp³-hybridized carbons (Fsp3) is 0.571. The monoisotopic (exact) mass is 204 g/mol. The molecular formula is C14H20O. The summed E-state index contributed by atoms with van der Waals surface area (Å²) >= 11 is 0. The third-order valence-electron chi connectivity index (χ3n) is 3.34. The molecular weight excluding hydrogens is 184 g/mol. The number of hydrogen-bond acceptors (Lipinski definition) is 1. The van der Waals surface area contributed by atoms with Crippen LogP contribution in [0.4, 0.5) is 0 Å². The molecule has 1 aliphatic rings. The fourth-order valence-corrected chi connectivity index (χ4v) is 2.17. The average Bonchev–Trinajstić information content (AvgIpc) is 2.23. The lowest BCUT2D eigenvalue weighted by Crippen LogP contribution is -2.37. The summed E-state index contributed by atoms with van der Waals surface area (Å²) in [5, 5.41) is 0. The minimum atomic E-state index is 0.0659. The summed E-state index contributed by atoms with van der Waals surface area (Å²) in [6, 6.07) is 10.7. The van der Waals surface area contributed by atoms with Gasteiger partial charge in [0.2, 0.25) is 0 Å². The molecule has 0 spiro atoms. The van der Waals surface area contributed by atoms with E-state index in [1.54, 1.807) is 0 Å². The van der Waals surface area contributed by atoms with E-state index in [4.69, 9.17) is 4.74 Å². The Morgan fingerprint density at radius 2 is 1.93 bits per heavy atom. The molecule has 0 N–H and O–H groups in total. The van der Waals surface area contributed by atoms with Crippen LogP contribution in [-0.2, 0) is 10.3 Å². The summed E-state index contributed by atoms with van der Waals surface area (Å²) < 4.78 is 6.09. The molecule has 1 aromatic carbocycles. The first-order valence-corrected chi connectivity index (χ1v) is 6.07. The lowest BCUT2D eigenvalue weighted by molar-refractivity contribution is -0.107. The van der Waals surface area contributed by atoms with E-state index in [-0.39, 0.29) is 5.60 Å². The molecule has 0 heterocycles. The molecule has 0 radical (unpaired) electrons. The Kier molecular flexibility index (Phi) is 3.42. The van der Waals surface area contributed by atoms with Crippen LogP contribution in [0, 0.1) is 0 Å². The Morgan fingerprint density at radius 3 is 2.47 bits per heavy atom. The van der Waals surface area contributed by atoms with Crippen LogP contribution in [0.25, 0.3) is 0 Å². The van der Waals surface area contributed by atoms with Gasteiger partial charge in [0.05, 0.1) is 5.60 Å². The summed E-state index contributed by atoms with van der Waals surface area (Å²) in [7, 11) is 0. The predicted molar refractivity (Wildman–Crippen MR) is 62.8 cm³/mol. The molecule has 1 aliphatic carbocycles. The highest BCUT2D eigenvalue weighted by Crippen LogP contribution is 2.44.